The molecule has 1 aromatic heterocycles. The minimum atomic E-state index is -0.722. The van der Waals surface area contributed by atoms with Crippen molar-refractivity contribution in [2.24, 2.45) is 0 Å². The Hall–Kier alpha value is -3.14. The first-order valence-electron chi connectivity index (χ1n) is 13.7. The summed E-state index contributed by atoms with van der Waals surface area (Å²) in [7, 11) is 0. The van der Waals surface area contributed by atoms with E-state index in [1.54, 1.807) is 22.9 Å². The molecule has 2 heterocycles. The van der Waals surface area contributed by atoms with Gasteiger partial charge in [-0.2, -0.15) is 4.68 Å². The standard InChI is InChI=1S/C29H32Cl2N8O2S/c1-29(2,34-26(40)17-38-13-11-32-12-14-38)10-9-19-3-8-24(23(31)15-19)33-27(41)18-42-28-35-36-37-39(28)25-16-21(20-4-5-20)6-7-22(25)30/h3,6-8,15-16,20,32H,4-5,11-14,17-18H2,1-2H3,(H,33,41)(H,34,40). The third kappa shape index (κ3) is 8.24. The van der Waals surface area contributed by atoms with Crippen LogP contribution < -0.4 is 16.0 Å². The normalized spacial score (nSPS) is 15.5. The van der Waals surface area contributed by atoms with Gasteiger partial charge in [0.05, 0.1) is 39.3 Å². The van der Waals surface area contributed by atoms with Gasteiger partial charge in [0.2, 0.25) is 17.0 Å². The molecule has 0 spiro atoms. The molecular weight excluding hydrogens is 595 g/mol. The maximum atomic E-state index is 12.7. The number of anilines is 1. The van der Waals surface area contributed by atoms with E-state index >= 15 is 0 Å². The van der Waals surface area contributed by atoms with Crippen LogP contribution in [0.1, 0.15) is 43.7 Å². The van der Waals surface area contributed by atoms with Crippen molar-refractivity contribution in [1.29, 1.82) is 0 Å². The lowest BCUT2D eigenvalue weighted by Crippen LogP contribution is -2.51. The van der Waals surface area contributed by atoms with E-state index in [2.05, 4.69) is 48.2 Å². The molecule has 13 heteroatoms. The molecule has 5 rings (SSSR count). The summed E-state index contributed by atoms with van der Waals surface area (Å²) in [6, 6.07) is 11.1. The maximum Gasteiger partial charge on any atom is 0.235 e. The summed E-state index contributed by atoms with van der Waals surface area (Å²) in [6.45, 7) is 7.54. The minimum absolute atomic E-state index is 0.0610. The van der Waals surface area contributed by atoms with Crippen LogP contribution in [0, 0.1) is 11.8 Å². The average Bonchev–Trinajstić information content (AvgIpc) is 3.70. The van der Waals surface area contributed by atoms with Gasteiger partial charge in [0.1, 0.15) is 0 Å². The first-order valence-corrected chi connectivity index (χ1v) is 15.5. The van der Waals surface area contributed by atoms with Crippen molar-refractivity contribution in [1.82, 2.24) is 35.7 Å². The number of thioether (sulfide) groups is 1. The molecule has 3 N–H and O–H groups in total. The lowest BCUT2D eigenvalue weighted by molar-refractivity contribution is -0.123. The van der Waals surface area contributed by atoms with Crippen molar-refractivity contribution in [2.45, 2.75) is 43.3 Å². The Labute approximate surface area is 259 Å². The Morgan fingerprint density at radius 2 is 1.88 bits per heavy atom. The van der Waals surface area contributed by atoms with Crippen LogP contribution in [0.2, 0.25) is 10.0 Å². The summed E-state index contributed by atoms with van der Waals surface area (Å²) in [6.07, 6.45) is 2.34. The van der Waals surface area contributed by atoms with Crippen LogP contribution in [0.5, 0.6) is 0 Å². The molecule has 2 aliphatic rings. The van der Waals surface area contributed by atoms with Crippen molar-refractivity contribution in [3.63, 3.8) is 0 Å². The molecule has 0 bridgehead atoms. The van der Waals surface area contributed by atoms with E-state index in [1.165, 1.54) is 30.2 Å². The fourth-order valence-corrected chi connectivity index (χ4v) is 5.62. The number of halogens is 2. The lowest BCUT2D eigenvalue weighted by Gasteiger charge is -2.28. The lowest BCUT2D eigenvalue weighted by atomic mass is 10.1. The van der Waals surface area contributed by atoms with Gasteiger partial charge in [-0.05, 0) is 78.9 Å². The zero-order valence-electron chi connectivity index (χ0n) is 23.4. The molecule has 220 valence electrons. The van der Waals surface area contributed by atoms with Crippen LogP contribution >= 0.6 is 35.0 Å². The quantitative estimate of drug-likeness (QED) is 0.243. The van der Waals surface area contributed by atoms with Gasteiger partial charge >= 0.3 is 0 Å². The Morgan fingerprint density at radius 3 is 2.62 bits per heavy atom. The predicted octanol–water partition coefficient (Wildman–Crippen LogP) is 3.73. The van der Waals surface area contributed by atoms with E-state index < -0.39 is 5.54 Å². The van der Waals surface area contributed by atoms with Crippen molar-refractivity contribution in [3.8, 4) is 17.5 Å². The Morgan fingerprint density at radius 1 is 1.10 bits per heavy atom. The van der Waals surface area contributed by atoms with Gasteiger partial charge in [0.15, 0.2) is 0 Å². The highest BCUT2D eigenvalue weighted by molar-refractivity contribution is 7.99. The van der Waals surface area contributed by atoms with E-state index in [0.29, 0.717) is 44.6 Å². The molecule has 10 nitrogen and oxygen atoms in total. The summed E-state index contributed by atoms with van der Waals surface area (Å²) in [5.74, 6) is 6.49. The zero-order chi connectivity index (χ0) is 29.7. The van der Waals surface area contributed by atoms with Crippen LogP contribution in [0.15, 0.2) is 41.6 Å². The second-order valence-corrected chi connectivity index (χ2v) is 12.6. The molecule has 3 aromatic rings. The van der Waals surface area contributed by atoms with Gasteiger partial charge < -0.3 is 16.0 Å². The number of benzene rings is 2. The minimum Gasteiger partial charge on any atom is -0.339 e. The number of piperazine rings is 1. The number of nitrogens with zero attached hydrogens (tertiary/aromatic N) is 5. The number of amides is 2. The van der Waals surface area contributed by atoms with Gasteiger partial charge in [0, 0.05) is 31.7 Å². The molecule has 2 amide bonds. The molecule has 42 heavy (non-hydrogen) atoms. The molecular formula is C29H32Cl2N8O2S. The Kier molecular flexibility index (Phi) is 9.70. The molecule has 2 aromatic carbocycles. The van der Waals surface area contributed by atoms with Gasteiger partial charge in [-0.25, -0.2) is 0 Å². The van der Waals surface area contributed by atoms with Crippen molar-refractivity contribution >= 4 is 52.5 Å². The first kappa shape index (κ1) is 30.3. The van der Waals surface area contributed by atoms with Crippen molar-refractivity contribution < 1.29 is 9.59 Å². The number of hydrogen-bond donors (Lipinski definition) is 3. The molecule has 1 saturated carbocycles. The Bertz CT molecular complexity index is 1520. The summed E-state index contributed by atoms with van der Waals surface area (Å²) >= 11 is 14.1. The molecule has 2 fully saturated rings. The van der Waals surface area contributed by atoms with E-state index in [-0.39, 0.29) is 17.6 Å². The van der Waals surface area contributed by atoms with Gasteiger partial charge in [-0.15, -0.1) is 5.10 Å². The molecule has 1 aliphatic carbocycles. The molecule has 1 aliphatic heterocycles. The second-order valence-electron chi connectivity index (χ2n) is 10.8. The number of rotatable bonds is 9. The van der Waals surface area contributed by atoms with Crippen LogP contribution in [0.3, 0.4) is 0 Å². The van der Waals surface area contributed by atoms with Crippen molar-refractivity contribution in [3.05, 3.63) is 57.6 Å². The molecule has 0 unspecified atom stereocenters. The summed E-state index contributed by atoms with van der Waals surface area (Å²) in [4.78, 5) is 27.4. The molecule has 0 radical (unpaired) electrons. The van der Waals surface area contributed by atoms with Crippen LogP contribution in [-0.4, -0.2) is 80.9 Å². The van der Waals surface area contributed by atoms with E-state index in [1.807, 2.05) is 32.0 Å². The maximum absolute atomic E-state index is 12.7. The number of carbonyl (C=O) groups excluding carboxylic acids is 2. The van der Waals surface area contributed by atoms with Gasteiger partial charge in [-0.3, -0.25) is 14.5 Å². The largest absolute Gasteiger partial charge is 0.339 e. The van der Waals surface area contributed by atoms with Crippen LogP contribution in [-0.2, 0) is 9.59 Å². The third-order valence-electron chi connectivity index (χ3n) is 6.81. The third-order valence-corrected chi connectivity index (χ3v) is 8.36. The van der Waals surface area contributed by atoms with Gasteiger partial charge in [-0.1, -0.05) is 52.9 Å². The first-order chi connectivity index (χ1) is 20.2. The summed E-state index contributed by atoms with van der Waals surface area (Å²) in [5, 5.41) is 22.4. The number of carbonyl (C=O) groups is 2. The number of nitrogens with one attached hydrogen (secondary N) is 3. The zero-order valence-corrected chi connectivity index (χ0v) is 25.7. The fraction of sp³-hybridized carbons (Fsp3) is 0.414. The van der Waals surface area contributed by atoms with Crippen molar-refractivity contribution in [2.75, 3.05) is 43.8 Å². The van der Waals surface area contributed by atoms with E-state index in [0.717, 1.165) is 26.2 Å². The Balaban J connectivity index is 1.15. The second kappa shape index (κ2) is 13.4. The fourth-order valence-electron chi connectivity index (χ4n) is 4.51. The highest BCUT2D eigenvalue weighted by Gasteiger charge is 2.25. The average molecular weight is 628 g/mol. The van der Waals surface area contributed by atoms with Gasteiger partial charge in [0.25, 0.3) is 0 Å². The monoisotopic (exact) mass is 626 g/mol. The SMILES string of the molecule is CC(C)(C#Cc1ccc(NC(=O)CSc2nnnn2-c2cc(C3CC3)ccc2Cl)c(Cl)c1)NC(=O)CN1CCNCC1. The van der Waals surface area contributed by atoms with Crippen LogP contribution in [0.25, 0.3) is 5.69 Å². The van der Waals surface area contributed by atoms with E-state index in [9.17, 15) is 9.59 Å². The molecule has 1 saturated heterocycles. The summed E-state index contributed by atoms with van der Waals surface area (Å²) < 4.78 is 1.56. The smallest absolute Gasteiger partial charge is 0.235 e. The topological polar surface area (TPSA) is 117 Å². The molecule has 0 atom stereocenters. The number of aromatic nitrogens is 4. The summed E-state index contributed by atoms with van der Waals surface area (Å²) in [5.41, 5.74) is 2.31. The van der Waals surface area contributed by atoms with Crippen LogP contribution in [0.4, 0.5) is 5.69 Å². The highest BCUT2D eigenvalue weighted by atomic mass is 35.5. The highest BCUT2D eigenvalue weighted by Crippen LogP contribution is 2.41. The number of tetrazole rings is 1. The predicted molar refractivity (Wildman–Crippen MR) is 165 cm³/mol. The van der Waals surface area contributed by atoms with E-state index in [4.69, 9.17) is 23.2 Å². The number of hydrogen-bond acceptors (Lipinski definition) is 8.